The molecule has 1 unspecified atom stereocenters. The largest absolute Gasteiger partial charge is 0.316 e. The average molecular weight is 245 g/mol. The summed E-state index contributed by atoms with van der Waals surface area (Å²) in [6.07, 6.45) is 6.69. The van der Waals surface area contributed by atoms with Gasteiger partial charge in [-0.3, -0.25) is 0 Å². The van der Waals surface area contributed by atoms with Crippen LogP contribution in [0.15, 0.2) is 30.3 Å². The van der Waals surface area contributed by atoms with Gasteiger partial charge in [0.15, 0.2) is 0 Å². The molecule has 18 heavy (non-hydrogen) atoms. The molecule has 100 valence electrons. The number of rotatable bonds is 6. The van der Waals surface area contributed by atoms with Crippen molar-refractivity contribution in [2.24, 2.45) is 5.92 Å². The van der Waals surface area contributed by atoms with E-state index in [0.29, 0.717) is 11.5 Å². The third-order valence-corrected chi connectivity index (χ3v) is 4.64. The van der Waals surface area contributed by atoms with Crippen molar-refractivity contribution in [2.75, 3.05) is 7.05 Å². The van der Waals surface area contributed by atoms with Gasteiger partial charge < -0.3 is 5.32 Å². The summed E-state index contributed by atoms with van der Waals surface area (Å²) >= 11 is 0. The van der Waals surface area contributed by atoms with E-state index in [-0.39, 0.29) is 0 Å². The van der Waals surface area contributed by atoms with Crippen LogP contribution >= 0.6 is 0 Å². The Morgan fingerprint density at radius 1 is 1.11 bits per heavy atom. The third-order valence-electron chi connectivity index (χ3n) is 4.64. The van der Waals surface area contributed by atoms with Gasteiger partial charge in [0.2, 0.25) is 0 Å². The van der Waals surface area contributed by atoms with Crippen molar-refractivity contribution in [1.82, 2.24) is 5.32 Å². The van der Waals surface area contributed by atoms with Gasteiger partial charge in [0.25, 0.3) is 0 Å². The molecule has 0 aromatic heterocycles. The second-order valence-electron chi connectivity index (χ2n) is 6.19. The predicted molar refractivity (Wildman–Crippen MR) is 78.9 cm³/mol. The maximum atomic E-state index is 3.60. The van der Waals surface area contributed by atoms with E-state index in [2.05, 4.69) is 56.5 Å². The van der Waals surface area contributed by atoms with Crippen molar-refractivity contribution in [3.8, 4) is 0 Å². The summed E-state index contributed by atoms with van der Waals surface area (Å²) in [7, 11) is 2.13. The molecule has 1 aliphatic carbocycles. The second kappa shape index (κ2) is 5.88. The Hall–Kier alpha value is -0.820. The first-order chi connectivity index (χ1) is 8.69. The topological polar surface area (TPSA) is 12.0 Å². The smallest absolute Gasteiger partial charge is 0.0161 e. The average Bonchev–Trinajstić information content (AvgIpc) is 2.33. The lowest BCUT2D eigenvalue weighted by Gasteiger charge is -2.48. The standard InChI is InChI=1S/C17H27N/c1-14(2)10-11-16(18-3)17(12-7-13-17)15-8-5-4-6-9-15/h4-6,8-9,14,16,18H,7,10-13H2,1-3H3. The van der Waals surface area contributed by atoms with E-state index in [1.807, 2.05) is 0 Å². The minimum Gasteiger partial charge on any atom is -0.316 e. The number of hydrogen-bond acceptors (Lipinski definition) is 1. The van der Waals surface area contributed by atoms with Gasteiger partial charge >= 0.3 is 0 Å². The molecule has 1 nitrogen and oxygen atoms in total. The van der Waals surface area contributed by atoms with Crippen LogP contribution in [0.5, 0.6) is 0 Å². The zero-order valence-electron chi connectivity index (χ0n) is 12.1. The van der Waals surface area contributed by atoms with Crippen LogP contribution in [0.3, 0.4) is 0 Å². The Morgan fingerprint density at radius 2 is 1.78 bits per heavy atom. The number of likely N-dealkylation sites (N-methyl/N-ethyl adjacent to an activating group) is 1. The second-order valence-corrected chi connectivity index (χ2v) is 6.19. The molecule has 0 spiro atoms. The highest BCUT2D eigenvalue weighted by atomic mass is 14.9. The van der Waals surface area contributed by atoms with Crippen LogP contribution in [0.1, 0.15) is 51.5 Å². The van der Waals surface area contributed by atoms with Crippen LogP contribution in [-0.2, 0) is 5.41 Å². The fourth-order valence-electron chi connectivity index (χ4n) is 3.36. The zero-order valence-corrected chi connectivity index (χ0v) is 12.1. The molecular formula is C17H27N. The van der Waals surface area contributed by atoms with E-state index < -0.39 is 0 Å². The Morgan fingerprint density at radius 3 is 2.22 bits per heavy atom. The van der Waals surface area contributed by atoms with E-state index in [1.165, 1.54) is 32.1 Å². The van der Waals surface area contributed by atoms with E-state index in [4.69, 9.17) is 0 Å². The summed E-state index contributed by atoms with van der Waals surface area (Å²) in [6.45, 7) is 4.64. The molecule has 1 heteroatoms. The molecule has 0 saturated heterocycles. The predicted octanol–water partition coefficient (Wildman–Crippen LogP) is 4.13. The monoisotopic (exact) mass is 245 g/mol. The first kappa shape index (κ1) is 13.6. The molecule has 1 aromatic rings. The molecule has 1 atom stereocenters. The third kappa shape index (κ3) is 2.61. The SMILES string of the molecule is CNC(CCC(C)C)C1(c2ccccc2)CCC1. The minimum absolute atomic E-state index is 0.408. The van der Waals surface area contributed by atoms with Crippen molar-refractivity contribution in [2.45, 2.75) is 57.4 Å². The molecule has 0 heterocycles. The van der Waals surface area contributed by atoms with Gasteiger partial charge in [0.1, 0.15) is 0 Å². The molecule has 2 rings (SSSR count). The van der Waals surface area contributed by atoms with Crippen molar-refractivity contribution in [3.63, 3.8) is 0 Å². The summed E-state index contributed by atoms with van der Waals surface area (Å²) in [5.74, 6) is 0.800. The molecule has 1 aromatic carbocycles. The molecular weight excluding hydrogens is 218 g/mol. The molecule has 1 N–H and O–H groups in total. The normalized spacial score (nSPS) is 19.6. The number of nitrogens with one attached hydrogen (secondary N) is 1. The van der Waals surface area contributed by atoms with Gasteiger partial charge in [0.05, 0.1) is 0 Å². The van der Waals surface area contributed by atoms with Gasteiger partial charge in [-0.15, -0.1) is 0 Å². The van der Waals surface area contributed by atoms with Crippen molar-refractivity contribution >= 4 is 0 Å². The highest BCUT2D eigenvalue weighted by Gasteiger charge is 2.44. The molecule has 0 aliphatic heterocycles. The summed E-state index contributed by atoms with van der Waals surface area (Å²) in [5, 5.41) is 3.60. The van der Waals surface area contributed by atoms with E-state index in [1.54, 1.807) is 5.56 Å². The van der Waals surface area contributed by atoms with Crippen LogP contribution in [0.2, 0.25) is 0 Å². The van der Waals surface area contributed by atoms with Gasteiger partial charge in [0, 0.05) is 11.5 Å². The highest BCUT2D eigenvalue weighted by Crippen LogP contribution is 2.47. The lowest BCUT2D eigenvalue weighted by molar-refractivity contribution is 0.162. The van der Waals surface area contributed by atoms with Crippen molar-refractivity contribution < 1.29 is 0 Å². The summed E-state index contributed by atoms with van der Waals surface area (Å²) < 4.78 is 0. The van der Waals surface area contributed by atoms with Gasteiger partial charge in [-0.05, 0) is 44.2 Å². The summed E-state index contributed by atoms with van der Waals surface area (Å²) in [6, 6.07) is 11.8. The fourth-order valence-corrected chi connectivity index (χ4v) is 3.36. The lowest BCUT2D eigenvalue weighted by Crippen LogP contribution is -2.51. The van der Waals surface area contributed by atoms with Crippen LogP contribution in [0.4, 0.5) is 0 Å². The van der Waals surface area contributed by atoms with Crippen LogP contribution < -0.4 is 5.32 Å². The van der Waals surface area contributed by atoms with E-state index in [0.717, 1.165) is 5.92 Å². The zero-order chi connectivity index (χ0) is 13.0. The maximum absolute atomic E-state index is 3.60. The highest BCUT2D eigenvalue weighted by molar-refractivity contribution is 5.30. The Kier molecular flexibility index (Phi) is 4.45. The molecule has 1 aliphatic rings. The Labute approximate surface area is 112 Å². The number of benzene rings is 1. The first-order valence-electron chi connectivity index (χ1n) is 7.42. The molecule has 1 fully saturated rings. The maximum Gasteiger partial charge on any atom is 0.0161 e. The minimum atomic E-state index is 0.408. The quantitative estimate of drug-likeness (QED) is 0.794. The fraction of sp³-hybridized carbons (Fsp3) is 0.647. The Balaban J connectivity index is 2.15. The lowest BCUT2D eigenvalue weighted by atomic mass is 9.59. The van der Waals surface area contributed by atoms with Gasteiger partial charge in [-0.1, -0.05) is 50.6 Å². The molecule has 0 radical (unpaired) electrons. The van der Waals surface area contributed by atoms with Crippen LogP contribution in [0.25, 0.3) is 0 Å². The summed E-state index contributed by atoms with van der Waals surface area (Å²) in [5.41, 5.74) is 1.95. The van der Waals surface area contributed by atoms with Gasteiger partial charge in [-0.25, -0.2) is 0 Å². The molecule has 0 bridgehead atoms. The van der Waals surface area contributed by atoms with Crippen LogP contribution in [0, 0.1) is 5.92 Å². The van der Waals surface area contributed by atoms with E-state index >= 15 is 0 Å². The van der Waals surface area contributed by atoms with E-state index in [9.17, 15) is 0 Å². The first-order valence-corrected chi connectivity index (χ1v) is 7.42. The van der Waals surface area contributed by atoms with Crippen LogP contribution in [-0.4, -0.2) is 13.1 Å². The molecule has 1 saturated carbocycles. The van der Waals surface area contributed by atoms with Crippen molar-refractivity contribution in [3.05, 3.63) is 35.9 Å². The number of hydrogen-bond donors (Lipinski definition) is 1. The Bertz CT molecular complexity index is 351. The van der Waals surface area contributed by atoms with Crippen molar-refractivity contribution in [1.29, 1.82) is 0 Å². The molecule has 0 amide bonds. The summed E-state index contributed by atoms with van der Waals surface area (Å²) in [4.78, 5) is 0. The van der Waals surface area contributed by atoms with Gasteiger partial charge in [-0.2, -0.15) is 0 Å².